The number of aromatic nitrogens is 3. The fraction of sp³-hybridized carbons (Fsp3) is 0.143. The van der Waals surface area contributed by atoms with E-state index in [1.54, 1.807) is 10.9 Å². The molecule has 0 aliphatic heterocycles. The van der Waals surface area contributed by atoms with Crippen LogP contribution in [0.4, 0.5) is 0 Å². The van der Waals surface area contributed by atoms with Gasteiger partial charge < -0.3 is 0 Å². The highest BCUT2D eigenvalue weighted by molar-refractivity contribution is 9.10. The molecule has 11 heavy (non-hydrogen) atoms. The van der Waals surface area contributed by atoms with Crippen molar-refractivity contribution < 1.29 is 0 Å². The van der Waals surface area contributed by atoms with Crippen molar-refractivity contribution in [1.82, 2.24) is 14.8 Å². The Balaban J connectivity index is 2.95. The fourth-order valence-electron chi connectivity index (χ4n) is 1.05. The summed E-state index contributed by atoms with van der Waals surface area (Å²) in [6.45, 7) is 0. The van der Waals surface area contributed by atoms with E-state index >= 15 is 0 Å². The normalized spacial score (nSPS) is 10.7. The second-order valence-electron chi connectivity index (χ2n) is 2.29. The number of hydrogen-bond acceptors (Lipinski definition) is 2. The summed E-state index contributed by atoms with van der Waals surface area (Å²) in [4.78, 5) is 4.17. The average Bonchev–Trinajstić information content (AvgIpc) is 2.30. The van der Waals surface area contributed by atoms with Crippen molar-refractivity contribution in [2.75, 3.05) is 0 Å². The Labute approximate surface area is 72.2 Å². The van der Waals surface area contributed by atoms with Gasteiger partial charge in [0, 0.05) is 13.2 Å². The molecule has 0 aliphatic carbocycles. The summed E-state index contributed by atoms with van der Waals surface area (Å²) in [6, 6.07) is 3.89. The Hall–Kier alpha value is -0.900. The minimum Gasteiger partial charge on any atom is -0.265 e. The number of pyridine rings is 1. The van der Waals surface area contributed by atoms with Gasteiger partial charge in [0.15, 0.2) is 4.60 Å². The highest BCUT2D eigenvalue weighted by Crippen LogP contribution is 2.18. The van der Waals surface area contributed by atoms with Crippen molar-refractivity contribution in [2.24, 2.45) is 7.05 Å². The lowest BCUT2D eigenvalue weighted by molar-refractivity contribution is 0.788. The summed E-state index contributed by atoms with van der Waals surface area (Å²) < 4.78 is 2.60. The van der Waals surface area contributed by atoms with Gasteiger partial charge in [-0.1, -0.05) is 0 Å². The van der Waals surface area contributed by atoms with Crippen molar-refractivity contribution in [2.45, 2.75) is 0 Å². The molecule has 0 amide bonds. The molecule has 2 aromatic rings. The fourth-order valence-corrected chi connectivity index (χ4v) is 1.59. The predicted octanol–water partition coefficient (Wildman–Crippen LogP) is 1.73. The maximum atomic E-state index is 4.17. The van der Waals surface area contributed by atoms with Crippen LogP contribution in [0.25, 0.3) is 11.0 Å². The average molecular weight is 212 g/mol. The zero-order chi connectivity index (χ0) is 7.84. The van der Waals surface area contributed by atoms with Crippen LogP contribution in [0.2, 0.25) is 0 Å². The number of rotatable bonds is 0. The molecule has 0 saturated heterocycles. The van der Waals surface area contributed by atoms with Gasteiger partial charge in [-0.25, -0.2) is 0 Å². The molecule has 0 N–H and O–H groups in total. The minimum atomic E-state index is 0.801. The number of aryl methyl sites for hydroxylation is 1. The van der Waals surface area contributed by atoms with Gasteiger partial charge in [-0.15, -0.1) is 0 Å². The van der Waals surface area contributed by atoms with Gasteiger partial charge in [0.25, 0.3) is 0 Å². The van der Waals surface area contributed by atoms with E-state index in [-0.39, 0.29) is 0 Å². The molecule has 0 spiro atoms. The van der Waals surface area contributed by atoms with Gasteiger partial charge in [-0.05, 0) is 28.1 Å². The van der Waals surface area contributed by atoms with Crippen molar-refractivity contribution >= 4 is 27.0 Å². The SMILES string of the molecule is Cn1nc(Br)c2ncccc21. The van der Waals surface area contributed by atoms with E-state index in [1.807, 2.05) is 19.2 Å². The third-order valence-electron chi connectivity index (χ3n) is 1.57. The zero-order valence-corrected chi connectivity index (χ0v) is 7.54. The summed E-state index contributed by atoms with van der Waals surface area (Å²) in [5.74, 6) is 0. The van der Waals surface area contributed by atoms with E-state index in [0.717, 1.165) is 15.6 Å². The molecule has 0 radical (unpaired) electrons. The summed E-state index contributed by atoms with van der Waals surface area (Å²) in [5, 5.41) is 4.16. The lowest BCUT2D eigenvalue weighted by atomic mass is 10.4. The Morgan fingerprint density at radius 1 is 1.55 bits per heavy atom. The molecule has 0 unspecified atom stereocenters. The van der Waals surface area contributed by atoms with E-state index in [9.17, 15) is 0 Å². The highest BCUT2D eigenvalue weighted by atomic mass is 79.9. The summed E-state index contributed by atoms with van der Waals surface area (Å²) in [5.41, 5.74) is 1.95. The Morgan fingerprint density at radius 3 is 3.09 bits per heavy atom. The van der Waals surface area contributed by atoms with Gasteiger partial charge in [-0.3, -0.25) is 9.67 Å². The molecule has 0 fully saturated rings. The minimum absolute atomic E-state index is 0.801. The van der Waals surface area contributed by atoms with Crippen molar-refractivity contribution in [3.05, 3.63) is 22.9 Å². The molecular weight excluding hydrogens is 206 g/mol. The monoisotopic (exact) mass is 211 g/mol. The molecule has 2 rings (SSSR count). The van der Waals surface area contributed by atoms with Crippen LogP contribution in [-0.2, 0) is 7.05 Å². The highest BCUT2D eigenvalue weighted by Gasteiger charge is 2.04. The molecule has 56 valence electrons. The predicted molar refractivity (Wildman–Crippen MR) is 46.2 cm³/mol. The van der Waals surface area contributed by atoms with Crippen LogP contribution in [-0.4, -0.2) is 14.8 Å². The molecule has 2 aromatic heterocycles. The number of halogens is 1. The number of fused-ring (bicyclic) bond motifs is 1. The van der Waals surface area contributed by atoms with E-state index in [4.69, 9.17) is 0 Å². The summed E-state index contributed by atoms with van der Waals surface area (Å²) in [7, 11) is 1.90. The van der Waals surface area contributed by atoms with E-state index in [0.29, 0.717) is 0 Å². The van der Waals surface area contributed by atoms with Gasteiger partial charge in [0.05, 0.1) is 5.52 Å². The number of nitrogens with zero attached hydrogens (tertiary/aromatic N) is 3. The standard InChI is InChI=1S/C7H6BrN3/c1-11-5-3-2-4-9-6(5)7(8)10-11/h2-4H,1H3. The van der Waals surface area contributed by atoms with Crippen LogP contribution in [0, 0.1) is 0 Å². The van der Waals surface area contributed by atoms with Crippen LogP contribution in [0.1, 0.15) is 0 Å². The van der Waals surface area contributed by atoms with Gasteiger partial charge in [0.1, 0.15) is 5.52 Å². The van der Waals surface area contributed by atoms with Gasteiger partial charge in [0.2, 0.25) is 0 Å². The van der Waals surface area contributed by atoms with Gasteiger partial charge in [-0.2, -0.15) is 5.10 Å². The smallest absolute Gasteiger partial charge is 0.154 e. The van der Waals surface area contributed by atoms with Crippen LogP contribution in [0.15, 0.2) is 22.9 Å². The molecule has 4 heteroatoms. The molecular formula is C7H6BrN3. The maximum absolute atomic E-state index is 4.17. The van der Waals surface area contributed by atoms with E-state index in [1.165, 1.54) is 0 Å². The lowest BCUT2D eigenvalue weighted by Crippen LogP contribution is -1.88. The summed E-state index contributed by atoms with van der Waals surface area (Å²) >= 11 is 3.32. The van der Waals surface area contributed by atoms with Crippen molar-refractivity contribution in [1.29, 1.82) is 0 Å². The topological polar surface area (TPSA) is 30.7 Å². The number of hydrogen-bond donors (Lipinski definition) is 0. The molecule has 0 aromatic carbocycles. The van der Waals surface area contributed by atoms with E-state index in [2.05, 4.69) is 26.0 Å². The third kappa shape index (κ3) is 0.939. The Kier molecular flexibility index (Phi) is 1.42. The molecule has 0 bridgehead atoms. The second kappa shape index (κ2) is 2.30. The van der Waals surface area contributed by atoms with Crippen LogP contribution < -0.4 is 0 Å². The molecule has 0 saturated carbocycles. The second-order valence-corrected chi connectivity index (χ2v) is 3.04. The molecule has 0 atom stereocenters. The zero-order valence-electron chi connectivity index (χ0n) is 5.95. The van der Waals surface area contributed by atoms with Crippen LogP contribution in [0.5, 0.6) is 0 Å². The first-order chi connectivity index (χ1) is 5.29. The van der Waals surface area contributed by atoms with Crippen LogP contribution >= 0.6 is 15.9 Å². The van der Waals surface area contributed by atoms with Gasteiger partial charge >= 0.3 is 0 Å². The largest absolute Gasteiger partial charge is 0.265 e. The first-order valence-corrected chi connectivity index (χ1v) is 4.01. The Morgan fingerprint density at radius 2 is 2.36 bits per heavy atom. The van der Waals surface area contributed by atoms with Crippen molar-refractivity contribution in [3.8, 4) is 0 Å². The first kappa shape index (κ1) is 6.79. The van der Waals surface area contributed by atoms with Crippen molar-refractivity contribution in [3.63, 3.8) is 0 Å². The quantitative estimate of drug-likeness (QED) is 0.665. The van der Waals surface area contributed by atoms with E-state index < -0.39 is 0 Å². The first-order valence-electron chi connectivity index (χ1n) is 3.22. The lowest BCUT2D eigenvalue weighted by Gasteiger charge is -1.89. The third-order valence-corrected chi connectivity index (χ3v) is 2.10. The molecule has 3 nitrogen and oxygen atoms in total. The molecule has 0 aliphatic rings. The summed E-state index contributed by atoms with van der Waals surface area (Å²) in [6.07, 6.45) is 1.76. The Bertz CT molecular complexity index is 357. The molecule has 2 heterocycles. The maximum Gasteiger partial charge on any atom is 0.154 e. The van der Waals surface area contributed by atoms with Crippen LogP contribution in [0.3, 0.4) is 0 Å².